The van der Waals surface area contributed by atoms with Gasteiger partial charge >= 0.3 is 0 Å². The average Bonchev–Trinajstić information content (AvgIpc) is 3.04. The van der Waals surface area contributed by atoms with Gasteiger partial charge in [0.2, 0.25) is 0 Å². The van der Waals surface area contributed by atoms with Gasteiger partial charge in [-0.05, 0) is 54.4 Å². The van der Waals surface area contributed by atoms with E-state index in [2.05, 4.69) is 170 Å². The lowest BCUT2D eigenvalue weighted by Crippen LogP contribution is -2.37. The van der Waals surface area contributed by atoms with Gasteiger partial charge in [0.05, 0.1) is 19.8 Å². The number of para-hydroxylation sites is 1. The molecule has 40 heavy (non-hydrogen) atoms. The summed E-state index contributed by atoms with van der Waals surface area (Å²) < 4.78 is 6.14. The van der Waals surface area contributed by atoms with Crippen molar-refractivity contribution in [3.05, 3.63) is 157 Å². The summed E-state index contributed by atoms with van der Waals surface area (Å²) in [7, 11) is -0.239. The van der Waals surface area contributed by atoms with Crippen LogP contribution in [0.3, 0.4) is 0 Å². The topological polar surface area (TPSA) is 12.5 Å². The largest absolute Gasteiger partial charge is 0.494 e. The molecule has 5 rings (SSSR count). The van der Waals surface area contributed by atoms with E-state index in [1.54, 1.807) is 7.11 Å². The Hall–Kier alpha value is -4.13. The molecule has 5 aromatic rings. The Morgan fingerprint density at radius 3 is 1.75 bits per heavy atom. The molecule has 0 spiro atoms. The zero-order valence-corrected chi connectivity index (χ0v) is 24.4. The number of benzene rings is 5. The van der Waals surface area contributed by atoms with Crippen molar-refractivity contribution in [1.82, 2.24) is 0 Å². The van der Waals surface area contributed by atoms with E-state index in [4.69, 9.17) is 4.74 Å². The van der Waals surface area contributed by atoms with Crippen LogP contribution in [0.1, 0.15) is 24.1 Å². The number of rotatable bonds is 10. The lowest BCUT2D eigenvalue weighted by atomic mass is 10.1. The molecule has 1 unspecified atom stereocenters. The third kappa shape index (κ3) is 5.74. The summed E-state index contributed by atoms with van der Waals surface area (Å²) >= 11 is 0. The van der Waals surface area contributed by atoms with Crippen molar-refractivity contribution in [2.24, 2.45) is 0 Å². The van der Waals surface area contributed by atoms with Gasteiger partial charge < -0.3 is 9.64 Å². The van der Waals surface area contributed by atoms with Crippen LogP contribution in [-0.2, 0) is 0 Å². The number of nitrogens with zero attached hydrogens (tertiary/aromatic N) is 1. The lowest BCUT2D eigenvalue weighted by molar-refractivity contribution is 0.414. The predicted molar refractivity (Wildman–Crippen MR) is 175 cm³/mol. The van der Waals surface area contributed by atoms with Crippen molar-refractivity contribution in [1.29, 1.82) is 0 Å². The molecule has 0 aromatic heterocycles. The van der Waals surface area contributed by atoms with Crippen LogP contribution in [0.15, 0.2) is 146 Å². The highest BCUT2D eigenvalue weighted by Crippen LogP contribution is 2.55. The van der Waals surface area contributed by atoms with E-state index in [9.17, 15) is 0 Å². The molecule has 0 saturated heterocycles. The van der Waals surface area contributed by atoms with E-state index >= 15 is 0 Å². The zero-order chi connectivity index (χ0) is 27.8. The molecule has 0 aliphatic carbocycles. The van der Waals surface area contributed by atoms with Crippen LogP contribution < -0.4 is 25.6 Å². The Kier molecular flexibility index (Phi) is 8.79. The summed E-state index contributed by atoms with van der Waals surface area (Å²) in [5.74, 6) is 0.895. The third-order valence-electron chi connectivity index (χ3n) is 7.67. The molecule has 0 amide bonds. The van der Waals surface area contributed by atoms with Crippen molar-refractivity contribution < 1.29 is 4.74 Å². The molecule has 2 nitrogen and oxygen atoms in total. The highest BCUT2D eigenvalue weighted by atomic mass is 31.2. The van der Waals surface area contributed by atoms with E-state index in [-0.39, 0.29) is 6.04 Å². The van der Waals surface area contributed by atoms with E-state index in [0.29, 0.717) is 0 Å². The Morgan fingerprint density at radius 2 is 1.20 bits per heavy atom. The van der Waals surface area contributed by atoms with Gasteiger partial charge in [0.1, 0.15) is 34.6 Å². The number of methoxy groups -OCH3 is 1. The Morgan fingerprint density at radius 1 is 0.675 bits per heavy atom. The molecule has 0 aliphatic rings. The van der Waals surface area contributed by atoms with Crippen molar-refractivity contribution in [3.63, 3.8) is 0 Å². The minimum Gasteiger partial charge on any atom is -0.494 e. The van der Waals surface area contributed by atoms with Crippen LogP contribution in [0.4, 0.5) is 5.69 Å². The van der Waals surface area contributed by atoms with Gasteiger partial charge in [-0.3, -0.25) is 0 Å². The highest BCUT2D eigenvalue weighted by molar-refractivity contribution is 7.95. The molecule has 0 radical (unpaired) electrons. The molecule has 5 aromatic carbocycles. The maximum absolute atomic E-state index is 6.14. The van der Waals surface area contributed by atoms with Crippen LogP contribution in [0.5, 0.6) is 5.75 Å². The fourth-order valence-corrected chi connectivity index (χ4v) is 8.86. The van der Waals surface area contributed by atoms with Gasteiger partial charge in [-0.25, -0.2) is 0 Å². The van der Waals surface area contributed by atoms with Crippen LogP contribution in [0.2, 0.25) is 0 Å². The molecular formula is C37H37NOP+. The minimum atomic E-state index is -2.03. The second kappa shape index (κ2) is 12.8. The molecule has 200 valence electrons. The quantitative estimate of drug-likeness (QED) is 0.166. The second-order valence-corrected chi connectivity index (χ2v) is 13.6. The first kappa shape index (κ1) is 27.4. The van der Waals surface area contributed by atoms with Crippen LogP contribution >= 0.6 is 7.26 Å². The van der Waals surface area contributed by atoms with Crippen molar-refractivity contribution in [3.8, 4) is 5.75 Å². The number of hydrogen-bond donors (Lipinski definition) is 0. The van der Waals surface area contributed by atoms with Crippen molar-refractivity contribution in [2.45, 2.75) is 13.0 Å². The zero-order valence-electron chi connectivity index (χ0n) is 23.5. The summed E-state index contributed by atoms with van der Waals surface area (Å²) in [5, 5.41) is 4.02. The molecule has 0 fully saturated rings. The number of anilines is 1. The SMILES string of the molecule is COc1cccc([P+](C)(c2ccccc2)c2ccccc2)c1N(C/C=C/c1ccccc1)C(C)c1ccccc1. The average molecular weight is 543 g/mol. The van der Waals surface area contributed by atoms with Gasteiger partial charge in [0, 0.05) is 6.54 Å². The maximum Gasteiger partial charge on any atom is 0.146 e. The molecule has 0 heterocycles. The van der Waals surface area contributed by atoms with Crippen molar-refractivity contribution in [2.75, 3.05) is 25.2 Å². The van der Waals surface area contributed by atoms with Gasteiger partial charge in [0.15, 0.2) is 0 Å². The van der Waals surface area contributed by atoms with E-state index in [1.165, 1.54) is 27.0 Å². The van der Waals surface area contributed by atoms with Crippen LogP contribution in [0, 0.1) is 0 Å². The first-order valence-electron chi connectivity index (χ1n) is 13.8. The molecule has 3 heteroatoms. The van der Waals surface area contributed by atoms with Gasteiger partial charge in [-0.15, -0.1) is 0 Å². The number of ether oxygens (including phenoxy) is 1. The monoisotopic (exact) mass is 542 g/mol. The minimum absolute atomic E-state index is 0.122. The van der Waals surface area contributed by atoms with Gasteiger partial charge in [-0.2, -0.15) is 0 Å². The van der Waals surface area contributed by atoms with E-state index in [1.807, 2.05) is 0 Å². The second-order valence-electron chi connectivity index (χ2n) is 10.1. The normalized spacial score (nSPS) is 12.3. The molecular weight excluding hydrogens is 505 g/mol. The fraction of sp³-hybridized carbons (Fsp3) is 0.135. The lowest BCUT2D eigenvalue weighted by Gasteiger charge is -2.35. The third-order valence-corrected chi connectivity index (χ3v) is 11.7. The molecule has 0 aliphatic heterocycles. The standard InChI is InChI=1S/C37H37NOP/c1-30(32-21-10-5-11-22-32)38(29-17-20-31-18-8-4-9-19-31)37-35(39-2)27-16-28-36(37)40(3,33-23-12-6-13-24-33)34-25-14-7-15-26-34/h4-28,30H,29H2,1-3H3/q+1/b20-17+. The predicted octanol–water partition coefficient (Wildman–Crippen LogP) is 7.90. The van der Waals surface area contributed by atoms with Crippen LogP contribution in [-0.4, -0.2) is 20.3 Å². The smallest absolute Gasteiger partial charge is 0.146 e. The molecule has 1 atom stereocenters. The maximum atomic E-state index is 6.14. The Balaban J connectivity index is 1.72. The molecule has 0 saturated carbocycles. The number of hydrogen-bond acceptors (Lipinski definition) is 2. The van der Waals surface area contributed by atoms with Gasteiger partial charge in [0.25, 0.3) is 0 Å². The summed E-state index contributed by atoms with van der Waals surface area (Å²) in [6, 6.07) is 49.9. The first-order valence-corrected chi connectivity index (χ1v) is 16.0. The Bertz CT molecular complexity index is 1480. The molecule has 0 N–H and O–H groups in total. The first-order chi connectivity index (χ1) is 19.6. The summed E-state index contributed by atoms with van der Waals surface area (Å²) in [5.41, 5.74) is 3.62. The fourth-order valence-electron chi connectivity index (χ4n) is 5.43. The summed E-state index contributed by atoms with van der Waals surface area (Å²) in [6.45, 7) is 5.48. The summed E-state index contributed by atoms with van der Waals surface area (Å²) in [4.78, 5) is 2.51. The summed E-state index contributed by atoms with van der Waals surface area (Å²) in [6.07, 6.45) is 4.48. The van der Waals surface area contributed by atoms with Gasteiger partial charge in [-0.1, -0.05) is 115 Å². The molecule has 0 bridgehead atoms. The van der Waals surface area contributed by atoms with E-state index < -0.39 is 7.26 Å². The van der Waals surface area contributed by atoms with Crippen molar-refractivity contribution >= 4 is 34.9 Å². The van der Waals surface area contributed by atoms with Crippen LogP contribution in [0.25, 0.3) is 6.08 Å². The highest BCUT2D eigenvalue weighted by Gasteiger charge is 2.44. The van der Waals surface area contributed by atoms with E-state index in [0.717, 1.165) is 18.0 Å². The Labute approximate surface area is 239 Å².